The van der Waals surface area contributed by atoms with E-state index in [4.69, 9.17) is 4.74 Å². The summed E-state index contributed by atoms with van der Waals surface area (Å²) in [6.45, 7) is 4.19. The van der Waals surface area contributed by atoms with E-state index in [-0.39, 0.29) is 28.7 Å². The molecule has 2 rings (SSSR count). The summed E-state index contributed by atoms with van der Waals surface area (Å²) in [4.78, 5) is 25.9. The second-order valence-corrected chi connectivity index (χ2v) is 4.78. The summed E-state index contributed by atoms with van der Waals surface area (Å²) < 4.78 is 6.73. The van der Waals surface area contributed by atoms with E-state index >= 15 is 0 Å². The van der Waals surface area contributed by atoms with Crippen molar-refractivity contribution < 1.29 is 35.9 Å². The maximum absolute atomic E-state index is 11.6. The molecule has 0 unspecified atom stereocenters. The zero-order valence-electron chi connectivity index (χ0n) is 13.1. The van der Waals surface area contributed by atoms with E-state index in [0.717, 1.165) is 11.1 Å². The number of rotatable bonds is 6. The van der Waals surface area contributed by atoms with Crippen LogP contribution in [0.1, 0.15) is 35.6 Å². The van der Waals surface area contributed by atoms with Crippen LogP contribution < -0.4 is 21.5 Å². The molecule has 0 radical (unpaired) electrons. The molecule has 0 bridgehead atoms. The van der Waals surface area contributed by atoms with E-state index in [2.05, 4.69) is 4.98 Å². The molecule has 2 aromatic rings. The zero-order chi connectivity index (χ0) is 15.9. The van der Waals surface area contributed by atoms with Gasteiger partial charge in [-0.1, -0.05) is 24.3 Å². The van der Waals surface area contributed by atoms with Crippen molar-refractivity contribution in [2.75, 3.05) is 6.61 Å². The smallest absolute Gasteiger partial charge is 0.330 e. The number of nitrogens with one attached hydrogen (secondary N) is 1. The number of H-pyrrole nitrogens is 1. The minimum atomic E-state index is -0.365. The minimum absolute atomic E-state index is 0. The number of esters is 1. The first kappa shape index (κ1) is 18.8. The molecule has 5 nitrogen and oxygen atoms in total. The highest BCUT2D eigenvalue weighted by Crippen LogP contribution is 2.11. The van der Waals surface area contributed by atoms with Gasteiger partial charge in [-0.15, -0.1) is 0 Å². The molecule has 1 aromatic carbocycles. The second kappa shape index (κ2) is 9.05. The Bertz CT molecular complexity index is 707. The van der Waals surface area contributed by atoms with E-state index in [1.54, 1.807) is 19.2 Å². The number of carbonyl (C=O) groups is 2. The highest BCUT2D eigenvalue weighted by molar-refractivity contribution is 5.89. The predicted molar refractivity (Wildman–Crippen MR) is 82.2 cm³/mol. The lowest BCUT2D eigenvalue weighted by Gasteiger charge is -2.04. The van der Waals surface area contributed by atoms with Crippen molar-refractivity contribution in [2.45, 2.75) is 20.4 Å². The minimum Gasteiger partial charge on any atom is -1.00 e. The van der Waals surface area contributed by atoms with Crippen molar-refractivity contribution in [3.8, 4) is 0 Å². The van der Waals surface area contributed by atoms with E-state index in [1.807, 2.05) is 35.0 Å². The third-order valence-corrected chi connectivity index (χ3v) is 3.18. The summed E-state index contributed by atoms with van der Waals surface area (Å²) in [5.41, 5.74) is 1.92. The van der Waals surface area contributed by atoms with Crippen LogP contribution in [0.4, 0.5) is 0 Å². The predicted octanol–water partition coefficient (Wildman–Crippen LogP) is -0.867. The van der Waals surface area contributed by atoms with Gasteiger partial charge in [-0.05, 0) is 18.6 Å². The quantitative estimate of drug-likeness (QED) is 0.307. The molecular formula is C17H19BrN2O3. The van der Waals surface area contributed by atoms with E-state index < -0.39 is 0 Å². The summed E-state index contributed by atoms with van der Waals surface area (Å²) in [5.74, 6) is 0.157. The van der Waals surface area contributed by atoms with Gasteiger partial charge in [0.15, 0.2) is 0 Å². The van der Waals surface area contributed by atoms with Crippen molar-refractivity contribution in [2.24, 2.45) is 0 Å². The number of carbonyl (C=O) groups excluding carboxylic acids is 2. The molecule has 1 aromatic heterocycles. The van der Waals surface area contributed by atoms with E-state index in [0.29, 0.717) is 19.0 Å². The number of Topliss-reactive ketones (excluding diaryl/α,β-unsaturated/α-hetero) is 1. The first-order valence-electron chi connectivity index (χ1n) is 7.12. The van der Waals surface area contributed by atoms with Crippen LogP contribution in [-0.2, 0) is 16.1 Å². The number of nitrogens with zero attached hydrogens (tertiary/aromatic N) is 1. The fourth-order valence-electron chi connectivity index (χ4n) is 2.17. The Hall–Kier alpha value is -2.21. The molecule has 0 spiro atoms. The van der Waals surface area contributed by atoms with Crippen LogP contribution in [0.3, 0.4) is 0 Å². The van der Waals surface area contributed by atoms with Crippen molar-refractivity contribution in [3.63, 3.8) is 0 Å². The zero-order valence-corrected chi connectivity index (χ0v) is 14.7. The third-order valence-electron chi connectivity index (χ3n) is 3.18. The SMILES string of the molecule is CCOC(=O)C=Cc1ccccc1C[n+]1cc[nH]c1C(C)=O.[Br-]. The molecule has 23 heavy (non-hydrogen) atoms. The standard InChI is InChI=1S/C17H18N2O3.BrH/c1-3-22-16(21)9-8-14-6-4-5-7-15(14)12-19-11-10-18-17(19)13(2)20;/h4-11H,3,12H2,1-2H3;1H. The third kappa shape index (κ3) is 5.17. The molecule has 0 saturated heterocycles. The molecule has 0 atom stereocenters. The Labute approximate surface area is 145 Å². The van der Waals surface area contributed by atoms with Crippen LogP contribution >= 0.6 is 0 Å². The van der Waals surface area contributed by atoms with Gasteiger partial charge in [0, 0.05) is 18.6 Å². The Balaban J connectivity index is 0.00000264. The molecular weight excluding hydrogens is 360 g/mol. The second-order valence-electron chi connectivity index (χ2n) is 4.78. The molecule has 0 aliphatic rings. The normalized spacial score (nSPS) is 10.3. The lowest BCUT2D eigenvalue weighted by Crippen LogP contribution is -3.00. The molecule has 0 amide bonds. The molecule has 6 heteroatoms. The van der Waals surface area contributed by atoms with Crippen molar-refractivity contribution in [1.82, 2.24) is 4.98 Å². The van der Waals surface area contributed by atoms with E-state index in [9.17, 15) is 9.59 Å². The molecule has 1 heterocycles. The van der Waals surface area contributed by atoms with Gasteiger partial charge in [-0.25, -0.2) is 14.3 Å². The summed E-state index contributed by atoms with van der Waals surface area (Å²) in [6.07, 6.45) is 6.69. The molecule has 0 fully saturated rings. The lowest BCUT2D eigenvalue weighted by atomic mass is 10.1. The van der Waals surface area contributed by atoms with Gasteiger partial charge in [0.05, 0.1) is 6.61 Å². The summed E-state index contributed by atoms with van der Waals surface area (Å²) in [7, 11) is 0. The number of ketones is 1. The fraction of sp³-hybridized carbons (Fsp3) is 0.235. The number of imidazole rings is 1. The van der Waals surface area contributed by atoms with Gasteiger partial charge in [0.1, 0.15) is 18.9 Å². The van der Waals surface area contributed by atoms with Gasteiger partial charge in [0.2, 0.25) is 5.78 Å². The monoisotopic (exact) mass is 378 g/mol. The topological polar surface area (TPSA) is 63.0 Å². The number of aromatic amines is 1. The molecule has 0 aliphatic heterocycles. The Morgan fingerprint density at radius 3 is 2.74 bits per heavy atom. The Kier molecular flexibility index (Phi) is 7.41. The summed E-state index contributed by atoms with van der Waals surface area (Å²) in [5, 5.41) is 0. The van der Waals surface area contributed by atoms with Crippen LogP contribution in [0.5, 0.6) is 0 Å². The maximum atomic E-state index is 11.6. The molecule has 0 saturated carbocycles. The van der Waals surface area contributed by atoms with Crippen LogP contribution in [-0.4, -0.2) is 23.3 Å². The van der Waals surface area contributed by atoms with Gasteiger partial charge in [-0.3, -0.25) is 4.79 Å². The largest absolute Gasteiger partial charge is 1.00 e. The van der Waals surface area contributed by atoms with Gasteiger partial charge < -0.3 is 21.7 Å². The number of ether oxygens (including phenoxy) is 1. The first-order chi connectivity index (χ1) is 10.6. The van der Waals surface area contributed by atoms with Gasteiger partial charge >= 0.3 is 11.8 Å². The van der Waals surface area contributed by atoms with Gasteiger partial charge in [-0.2, -0.15) is 0 Å². The summed E-state index contributed by atoms with van der Waals surface area (Å²) in [6, 6.07) is 7.72. The maximum Gasteiger partial charge on any atom is 0.330 e. The van der Waals surface area contributed by atoms with Crippen molar-refractivity contribution >= 4 is 17.8 Å². The van der Waals surface area contributed by atoms with Crippen molar-refractivity contribution in [1.29, 1.82) is 0 Å². The van der Waals surface area contributed by atoms with Crippen LogP contribution in [0.15, 0.2) is 42.7 Å². The lowest BCUT2D eigenvalue weighted by molar-refractivity contribution is -0.688. The fourth-order valence-corrected chi connectivity index (χ4v) is 2.17. The average Bonchev–Trinajstić information content (AvgIpc) is 2.95. The average molecular weight is 379 g/mol. The Morgan fingerprint density at radius 1 is 1.30 bits per heavy atom. The Morgan fingerprint density at radius 2 is 2.04 bits per heavy atom. The number of benzene rings is 1. The number of hydrogen-bond acceptors (Lipinski definition) is 3. The number of aromatic nitrogens is 2. The van der Waals surface area contributed by atoms with Crippen LogP contribution in [0.25, 0.3) is 6.08 Å². The highest BCUT2D eigenvalue weighted by atomic mass is 79.9. The number of halogens is 1. The summed E-state index contributed by atoms with van der Waals surface area (Å²) >= 11 is 0. The van der Waals surface area contributed by atoms with Crippen LogP contribution in [0.2, 0.25) is 0 Å². The molecule has 0 aliphatic carbocycles. The molecule has 1 N–H and O–H groups in total. The number of hydrogen-bond donors (Lipinski definition) is 1. The highest BCUT2D eigenvalue weighted by Gasteiger charge is 2.16. The van der Waals surface area contributed by atoms with Gasteiger partial charge in [0.25, 0.3) is 0 Å². The van der Waals surface area contributed by atoms with Crippen molar-refractivity contribution in [3.05, 3.63) is 59.7 Å². The van der Waals surface area contributed by atoms with Crippen LogP contribution in [0, 0.1) is 0 Å². The van der Waals surface area contributed by atoms with E-state index in [1.165, 1.54) is 13.0 Å². The first-order valence-corrected chi connectivity index (χ1v) is 7.12. The molecule has 122 valence electrons.